The zero-order chi connectivity index (χ0) is 14.6. The van der Waals surface area contributed by atoms with Crippen molar-refractivity contribution in [2.45, 2.75) is 51.1 Å². The van der Waals surface area contributed by atoms with Crippen LogP contribution in [0.3, 0.4) is 0 Å². The summed E-state index contributed by atoms with van der Waals surface area (Å²) in [5, 5.41) is 3.26. The Balaban J connectivity index is 2.05. The highest BCUT2D eigenvalue weighted by Gasteiger charge is 2.39. The van der Waals surface area contributed by atoms with Crippen molar-refractivity contribution in [2.75, 3.05) is 32.8 Å². The molecule has 0 spiro atoms. The van der Waals surface area contributed by atoms with Crippen molar-refractivity contribution < 1.29 is 13.2 Å². The van der Waals surface area contributed by atoms with Gasteiger partial charge >= 0.3 is 0 Å². The molecule has 0 aromatic heterocycles. The number of nitrogens with one attached hydrogen (secondary N) is 2. The Morgan fingerprint density at radius 2 is 2.20 bits per heavy atom. The van der Waals surface area contributed by atoms with E-state index in [0.717, 1.165) is 38.8 Å². The van der Waals surface area contributed by atoms with Crippen molar-refractivity contribution in [1.29, 1.82) is 0 Å². The summed E-state index contributed by atoms with van der Waals surface area (Å²) in [6.45, 7) is 7.24. The smallest absolute Gasteiger partial charge is 0.280 e. The molecule has 2 aliphatic heterocycles. The third-order valence-corrected chi connectivity index (χ3v) is 5.95. The predicted octanol–water partition coefficient (Wildman–Crippen LogP) is 0.464. The fourth-order valence-corrected chi connectivity index (χ4v) is 4.77. The van der Waals surface area contributed by atoms with Crippen molar-refractivity contribution >= 4 is 10.2 Å². The third-order valence-electron chi connectivity index (χ3n) is 4.11. The number of rotatable bonds is 6. The number of nitrogens with zero attached hydrogens (tertiary/aromatic N) is 1. The SMILES string of the molecule is CCNCC1CCCCN1S(=O)(=O)NC1(C)CCOC1. The molecular formula is C13H27N3O3S. The van der Waals surface area contributed by atoms with Gasteiger partial charge in [-0.2, -0.15) is 17.4 Å². The molecule has 2 rings (SSSR count). The fraction of sp³-hybridized carbons (Fsp3) is 1.00. The van der Waals surface area contributed by atoms with E-state index in [2.05, 4.69) is 10.0 Å². The van der Waals surface area contributed by atoms with E-state index in [-0.39, 0.29) is 6.04 Å². The molecule has 0 aliphatic carbocycles. The Morgan fingerprint density at radius 1 is 1.40 bits per heavy atom. The lowest BCUT2D eigenvalue weighted by Gasteiger charge is -2.37. The van der Waals surface area contributed by atoms with Gasteiger partial charge in [0, 0.05) is 25.7 Å². The van der Waals surface area contributed by atoms with Crippen LogP contribution in [0.1, 0.15) is 39.5 Å². The van der Waals surface area contributed by atoms with E-state index < -0.39 is 15.7 Å². The molecule has 118 valence electrons. The quantitative estimate of drug-likeness (QED) is 0.748. The van der Waals surface area contributed by atoms with Crippen LogP contribution in [0.2, 0.25) is 0 Å². The first-order chi connectivity index (χ1) is 9.47. The van der Waals surface area contributed by atoms with Gasteiger partial charge in [-0.05, 0) is 32.7 Å². The van der Waals surface area contributed by atoms with E-state index in [4.69, 9.17) is 4.74 Å². The lowest BCUT2D eigenvalue weighted by Crippen LogP contribution is -2.57. The van der Waals surface area contributed by atoms with Crippen LogP contribution in [0.25, 0.3) is 0 Å². The maximum absolute atomic E-state index is 12.7. The van der Waals surface area contributed by atoms with Gasteiger partial charge in [0.15, 0.2) is 0 Å². The Morgan fingerprint density at radius 3 is 2.85 bits per heavy atom. The lowest BCUT2D eigenvalue weighted by atomic mass is 10.0. The molecule has 0 bridgehead atoms. The van der Waals surface area contributed by atoms with Crippen molar-refractivity contribution in [3.8, 4) is 0 Å². The summed E-state index contributed by atoms with van der Waals surface area (Å²) in [5.41, 5.74) is -0.459. The first-order valence-corrected chi connectivity index (χ1v) is 9.00. The molecule has 0 aromatic carbocycles. The van der Waals surface area contributed by atoms with Crippen molar-refractivity contribution in [3.05, 3.63) is 0 Å². The van der Waals surface area contributed by atoms with E-state index in [9.17, 15) is 8.42 Å². The van der Waals surface area contributed by atoms with Crippen LogP contribution in [0.4, 0.5) is 0 Å². The maximum Gasteiger partial charge on any atom is 0.280 e. The minimum atomic E-state index is -3.44. The molecule has 0 saturated carbocycles. The zero-order valence-corrected chi connectivity index (χ0v) is 13.3. The number of likely N-dealkylation sites (N-methyl/N-ethyl adjacent to an activating group) is 1. The highest BCUT2D eigenvalue weighted by Crippen LogP contribution is 2.24. The summed E-state index contributed by atoms with van der Waals surface area (Å²) in [6, 6.07) is 0.0621. The summed E-state index contributed by atoms with van der Waals surface area (Å²) in [4.78, 5) is 0. The second-order valence-corrected chi connectivity index (χ2v) is 7.66. The van der Waals surface area contributed by atoms with Crippen LogP contribution in [0.5, 0.6) is 0 Å². The molecule has 0 aromatic rings. The van der Waals surface area contributed by atoms with E-state index in [1.165, 1.54) is 0 Å². The molecule has 2 N–H and O–H groups in total. The minimum Gasteiger partial charge on any atom is -0.379 e. The highest BCUT2D eigenvalue weighted by atomic mass is 32.2. The van der Waals surface area contributed by atoms with Gasteiger partial charge in [-0.3, -0.25) is 0 Å². The average Bonchev–Trinajstić information content (AvgIpc) is 2.82. The largest absolute Gasteiger partial charge is 0.379 e. The van der Waals surface area contributed by atoms with E-state index in [1.54, 1.807) is 4.31 Å². The first-order valence-electron chi connectivity index (χ1n) is 7.56. The van der Waals surface area contributed by atoms with Gasteiger partial charge in [-0.25, -0.2) is 0 Å². The van der Waals surface area contributed by atoms with E-state index >= 15 is 0 Å². The molecule has 6 nitrogen and oxygen atoms in total. The molecule has 7 heteroatoms. The fourth-order valence-electron chi connectivity index (χ4n) is 2.92. The predicted molar refractivity (Wildman–Crippen MR) is 78.8 cm³/mol. The summed E-state index contributed by atoms with van der Waals surface area (Å²) in [7, 11) is -3.44. The molecule has 2 unspecified atom stereocenters. The standard InChI is InChI=1S/C13H27N3O3S/c1-3-14-10-12-6-4-5-8-16(12)20(17,18)15-13(2)7-9-19-11-13/h12,14-15H,3-11H2,1-2H3. The Kier molecular flexibility index (Phi) is 5.42. The summed E-state index contributed by atoms with van der Waals surface area (Å²) < 4.78 is 35.1. The number of piperidine rings is 1. The monoisotopic (exact) mass is 305 g/mol. The average molecular weight is 305 g/mol. The van der Waals surface area contributed by atoms with E-state index in [0.29, 0.717) is 19.8 Å². The second-order valence-electron chi connectivity index (χ2n) is 6.04. The van der Waals surface area contributed by atoms with Gasteiger partial charge < -0.3 is 10.1 Å². The molecule has 2 aliphatic rings. The van der Waals surface area contributed by atoms with Gasteiger partial charge in [-0.15, -0.1) is 0 Å². The molecule has 2 saturated heterocycles. The Hall–Kier alpha value is -0.210. The van der Waals surface area contributed by atoms with Gasteiger partial charge in [0.25, 0.3) is 10.2 Å². The summed E-state index contributed by atoms with van der Waals surface area (Å²) in [5.74, 6) is 0. The number of ether oxygens (including phenoxy) is 1. The van der Waals surface area contributed by atoms with Crippen molar-refractivity contribution in [2.24, 2.45) is 0 Å². The second kappa shape index (κ2) is 6.70. The third kappa shape index (κ3) is 3.92. The zero-order valence-electron chi connectivity index (χ0n) is 12.5. The van der Waals surface area contributed by atoms with Crippen LogP contribution < -0.4 is 10.0 Å². The van der Waals surface area contributed by atoms with Crippen LogP contribution >= 0.6 is 0 Å². The van der Waals surface area contributed by atoms with Crippen molar-refractivity contribution in [1.82, 2.24) is 14.3 Å². The van der Waals surface area contributed by atoms with Crippen molar-refractivity contribution in [3.63, 3.8) is 0 Å². The minimum absolute atomic E-state index is 0.0621. The first kappa shape index (κ1) is 16.2. The van der Waals surface area contributed by atoms with Crippen LogP contribution in [-0.4, -0.2) is 57.2 Å². The summed E-state index contributed by atoms with van der Waals surface area (Å²) in [6.07, 6.45) is 3.71. The topological polar surface area (TPSA) is 70.7 Å². The van der Waals surface area contributed by atoms with Gasteiger partial charge in [0.05, 0.1) is 12.1 Å². The maximum atomic E-state index is 12.7. The molecule has 2 fully saturated rings. The van der Waals surface area contributed by atoms with Gasteiger partial charge in [0.1, 0.15) is 0 Å². The Labute approximate surface area is 122 Å². The Bertz CT molecular complexity index is 407. The van der Waals surface area contributed by atoms with Gasteiger partial charge in [0.2, 0.25) is 0 Å². The van der Waals surface area contributed by atoms with Crippen LogP contribution in [-0.2, 0) is 14.9 Å². The highest BCUT2D eigenvalue weighted by molar-refractivity contribution is 7.87. The van der Waals surface area contributed by atoms with Gasteiger partial charge in [-0.1, -0.05) is 13.3 Å². The lowest BCUT2D eigenvalue weighted by molar-refractivity contribution is 0.176. The molecule has 2 atom stereocenters. The number of hydrogen-bond donors (Lipinski definition) is 2. The van der Waals surface area contributed by atoms with Crippen LogP contribution in [0, 0.1) is 0 Å². The molecular weight excluding hydrogens is 278 g/mol. The normalized spacial score (nSPS) is 32.6. The molecule has 2 heterocycles. The van der Waals surface area contributed by atoms with E-state index in [1.807, 2.05) is 13.8 Å². The summed E-state index contributed by atoms with van der Waals surface area (Å²) >= 11 is 0. The molecule has 20 heavy (non-hydrogen) atoms. The molecule has 0 radical (unpaired) electrons. The van der Waals surface area contributed by atoms with Crippen LogP contribution in [0.15, 0.2) is 0 Å². The number of hydrogen-bond acceptors (Lipinski definition) is 4. The molecule has 0 amide bonds.